The van der Waals surface area contributed by atoms with E-state index in [-0.39, 0.29) is 6.09 Å². The van der Waals surface area contributed by atoms with Crippen LogP contribution in [0, 0.1) is 0 Å². The Labute approximate surface area is 139 Å². The summed E-state index contributed by atoms with van der Waals surface area (Å²) in [4.78, 5) is 14.1. The molecule has 0 spiro atoms. The van der Waals surface area contributed by atoms with E-state index in [0.29, 0.717) is 13.2 Å². The molecule has 0 saturated heterocycles. The van der Waals surface area contributed by atoms with Gasteiger partial charge in [0.15, 0.2) is 0 Å². The van der Waals surface area contributed by atoms with Crippen molar-refractivity contribution in [3.05, 3.63) is 69.7 Å². The zero-order valence-corrected chi connectivity index (χ0v) is 13.9. The first-order valence-electron chi connectivity index (χ1n) is 7.46. The highest BCUT2D eigenvalue weighted by molar-refractivity contribution is 9.10. The van der Waals surface area contributed by atoms with Gasteiger partial charge in [-0.05, 0) is 35.6 Å². The number of nitrogens with zero attached hydrogens (tertiary/aromatic N) is 1. The van der Waals surface area contributed by atoms with Gasteiger partial charge < -0.3 is 9.64 Å². The number of fused-ring (bicyclic) bond motifs is 1. The number of carbonyl (C=O) groups excluding carboxylic acids is 1. The van der Waals surface area contributed by atoms with Crippen molar-refractivity contribution in [1.82, 2.24) is 4.90 Å². The van der Waals surface area contributed by atoms with Crippen molar-refractivity contribution in [2.75, 3.05) is 6.54 Å². The third-order valence-electron chi connectivity index (χ3n) is 3.90. The molecule has 2 aromatic carbocycles. The summed E-state index contributed by atoms with van der Waals surface area (Å²) in [6.45, 7) is 1.67. The van der Waals surface area contributed by atoms with Crippen LogP contribution in [0.25, 0.3) is 0 Å². The van der Waals surface area contributed by atoms with E-state index in [1.54, 1.807) is 4.90 Å². The molecule has 0 unspecified atom stereocenters. The van der Waals surface area contributed by atoms with Gasteiger partial charge in [0, 0.05) is 17.6 Å². The molecule has 2 aromatic rings. The quantitative estimate of drug-likeness (QED) is 0.787. The summed E-state index contributed by atoms with van der Waals surface area (Å²) in [5.41, 5.74) is 3.51. The second-order valence-corrected chi connectivity index (χ2v) is 6.30. The van der Waals surface area contributed by atoms with Crippen molar-refractivity contribution in [3.63, 3.8) is 0 Å². The number of ether oxygens (including phenoxy) is 1. The van der Waals surface area contributed by atoms with Crippen molar-refractivity contribution in [1.29, 1.82) is 0 Å². The number of hydrogen-bond acceptors (Lipinski definition) is 2. The van der Waals surface area contributed by atoms with Crippen molar-refractivity contribution < 1.29 is 9.53 Å². The van der Waals surface area contributed by atoms with Crippen LogP contribution in [-0.2, 0) is 24.3 Å². The van der Waals surface area contributed by atoms with E-state index in [1.807, 2.05) is 36.4 Å². The Bertz CT molecular complexity index is 657. The topological polar surface area (TPSA) is 29.5 Å². The summed E-state index contributed by atoms with van der Waals surface area (Å²) in [5.74, 6) is 0. The number of carbonyl (C=O) groups is 1. The molecule has 3 rings (SSSR count). The second-order valence-electron chi connectivity index (χ2n) is 5.44. The van der Waals surface area contributed by atoms with Gasteiger partial charge >= 0.3 is 6.09 Å². The van der Waals surface area contributed by atoms with Gasteiger partial charge in [-0.15, -0.1) is 0 Å². The number of halogens is 1. The smallest absolute Gasteiger partial charge is 0.410 e. The Morgan fingerprint density at radius 1 is 1.14 bits per heavy atom. The van der Waals surface area contributed by atoms with Crippen molar-refractivity contribution in [3.8, 4) is 0 Å². The van der Waals surface area contributed by atoms with Crippen LogP contribution in [0.15, 0.2) is 53.0 Å². The molecule has 0 aliphatic carbocycles. The number of rotatable bonds is 2. The van der Waals surface area contributed by atoms with E-state index in [4.69, 9.17) is 4.74 Å². The Morgan fingerprint density at radius 2 is 1.95 bits per heavy atom. The lowest BCUT2D eigenvalue weighted by Gasteiger charge is -2.20. The Hall–Kier alpha value is -1.81. The molecule has 114 valence electrons. The minimum absolute atomic E-state index is 0.239. The van der Waals surface area contributed by atoms with Gasteiger partial charge in [-0.25, -0.2) is 4.79 Å². The van der Waals surface area contributed by atoms with Crippen molar-refractivity contribution in [2.45, 2.75) is 26.0 Å². The second kappa shape index (κ2) is 6.97. The van der Waals surface area contributed by atoms with Crippen molar-refractivity contribution >= 4 is 22.0 Å². The third kappa shape index (κ3) is 3.50. The molecule has 1 aliphatic rings. The lowest BCUT2D eigenvalue weighted by Crippen LogP contribution is -2.31. The van der Waals surface area contributed by atoms with E-state index in [0.717, 1.165) is 29.4 Å². The molecule has 0 fully saturated rings. The van der Waals surface area contributed by atoms with Crippen LogP contribution in [0.1, 0.15) is 23.1 Å². The van der Waals surface area contributed by atoms with Gasteiger partial charge in [0.05, 0.1) is 0 Å². The Morgan fingerprint density at radius 3 is 2.77 bits per heavy atom. The summed E-state index contributed by atoms with van der Waals surface area (Å²) < 4.78 is 6.57. The SMILES string of the molecule is O=C(OCc1ccccc1)N1CCCc2c(Br)cccc2C1. The van der Waals surface area contributed by atoms with Crippen LogP contribution in [0.3, 0.4) is 0 Å². The zero-order valence-electron chi connectivity index (χ0n) is 12.3. The largest absolute Gasteiger partial charge is 0.445 e. The molecule has 0 N–H and O–H groups in total. The first-order chi connectivity index (χ1) is 10.7. The maximum absolute atomic E-state index is 12.3. The predicted octanol–water partition coefficient (Wildman–Crippen LogP) is 4.53. The maximum Gasteiger partial charge on any atom is 0.410 e. The fraction of sp³-hybridized carbons (Fsp3) is 0.278. The molecule has 0 aromatic heterocycles. The first kappa shape index (κ1) is 15.1. The molecular formula is C18H18BrNO2. The minimum atomic E-state index is -0.239. The molecule has 3 nitrogen and oxygen atoms in total. The number of hydrogen-bond donors (Lipinski definition) is 0. The van der Waals surface area contributed by atoms with Crippen LogP contribution >= 0.6 is 15.9 Å². The van der Waals surface area contributed by atoms with Gasteiger partial charge in [0.1, 0.15) is 6.61 Å². The third-order valence-corrected chi connectivity index (χ3v) is 4.64. The molecule has 1 aliphatic heterocycles. The summed E-state index contributed by atoms with van der Waals surface area (Å²) >= 11 is 3.60. The first-order valence-corrected chi connectivity index (χ1v) is 8.25. The molecule has 22 heavy (non-hydrogen) atoms. The fourth-order valence-corrected chi connectivity index (χ4v) is 3.33. The number of benzene rings is 2. The van der Waals surface area contributed by atoms with Crippen molar-refractivity contribution in [2.24, 2.45) is 0 Å². The Balaban J connectivity index is 1.66. The van der Waals surface area contributed by atoms with Crippen LogP contribution < -0.4 is 0 Å². The summed E-state index contributed by atoms with van der Waals surface area (Å²) in [5, 5.41) is 0. The van der Waals surface area contributed by atoms with Crippen LogP contribution in [0.2, 0.25) is 0 Å². The van der Waals surface area contributed by atoms with E-state index in [2.05, 4.69) is 28.1 Å². The average molecular weight is 360 g/mol. The molecule has 0 atom stereocenters. The number of amides is 1. The summed E-state index contributed by atoms with van der Waals surface area (Å²) in [6.07, 6.45) is 1.70. The lowest BCUT2D eigenvalue weighted by atomic mass is 10.0. The highest BCUT2D eigenvalue weighted by Crippen LogP contribution is 2.26. The van der Waals surface area contributed by atoms with E-state index >= 15 is 0 Å². The average Bonchev–Trinajstić information content (AvgIpc) is 2.77. The molecule has 1 amide bonds. The predicted molar refractivity (Wildman–Crippen MR) is 89.5 cm³/mol. The lowest BCUT2D eigenvalue weighted by molar-refractivity contribution is 0.0942. The highest BCUT2D eigenvalue weighted by Gasteiger charge is 2.21. The van der Waals surface area contributed by atoms with Gasteiger partial charge in [-0.2, -0.15) is 0 Å². The summed E-state index contributed by atoms with van der Waals surface area (Å²) in [6, 6.07) is 15.9. The molecule has 4 heteroatoms. The maximum atomic E-state index is 12.3. The van der Waals surface area contributed by atoms with Crippen LogP contribution in [0.4, 0.5) is 4.79 Å². The van der Waals surface area contributed by atoms with Gasteiger partial charge in [-0.1, -0.05) is 58.4 Å². The van der Waals surface area contributed by atoms with Crippen LogP contribution in [0.5, 0.6) is 0 Å². The van der Waals surface area contributed by atoms with Crippen LogP contribution in [-0.4, -0.2) is 17.5 Å². The van der Waals surface area contributed by atoms with Gasteiger partial charge in [0.25, 0.3) is 0 Å². The van der Waals surface area contributed by atoms with Gasteiger partial charge in [-0.3, -0.25) is 0 Å². The standard InChI is InChI=1S/C18H18BrNO2/c19-17-10-4-8-15-12-20(11-5-9-16(15)17)18(21)22-13-14-6-2-1-3-7-14/h1-4,6-8,10H,5,9,11-13H2. The van der Waals surface area contributed by atoms with E-state index < -0.39 is 0 Å². The normalized spacial score (nSPS) is 14.1. The van der Waals surface area contributed by atoms with Gasteiger partial charge in [0.2, 0.25) is 0 Å². The molecule has 1 heterocycles. The minimum Gasteiger partial charge on any atom is -0.445 e. The Kier molecular flexibility index (Phi) is 4.78. The molecular weight excluding hydrogens is 342 g/mol. The fourth-order valence-electron chi connectivity index (χ4n) is 2.73. The monoisotopic (exact) mass is 359 g/mol. The highest BCUT2D eigenvalue weighted by atomic mass is 79.9. The molecule has 0 saturated carbocycles. The van der Waals surface area contributed by atoms with E-state index in [1.165, 1.54) is 11.1 Å². The molecule has 0 bridgehead atoms. The van der Waals surface area contributed by atoms with E-state index in [9.17, 15) is 4.79 Å². The molecule has 0 radical (unpaired) electrons. The summed E-state index contributed by atoms with van der Waals surface area (Å²) in [7, 11) is 0. The zero-order chi connectivity index (χ0) is 15.4.